The van der Waals surface area contributed by atoms with Crippen LogP contribution in [0.2, 0.25) is 0 Å². The van der Waals surface area contributed by atoms with Crippen LogP contribution >= 0.6 is 0 Å². The van der Waals surface area contributed by atoms with Crippen molar-refractivity contribution in [2.45, 2.75) is 0 Å². The van der Waals surface area contributed by atoms with Gasteiger partial charge in [0.05, 0.1) is 0 Å². The topological polar surface area (TPSA) is 16.4 Å². The van der Waals surface area contributed by atoms with Crippen LogP contribution in [0.3, 0.4) is 0 Å². The van der Waals surface area contributed by atoms with Crippen molar-refractivity contribution in [2.24, 2.45) is 0 Å². The molecule has 10 aromatic rings. The van der Waals surface area contributed by atoms with E-state index in [9.17, 15) is 0 Å². The van der Waals surface area contributed by atoms with Crippen molar-refractivity contribution in [2.75, 3.05) is 4.90 Å². The van der Waals surface area contributed by atoms with Crippen LogP contribution in [0, 0.1) is 0 Å². The van der Waals surface area contributed by atoms with E-state index >= 15 is 0 Å². The average Bonchev–Trinajstić information content (AvgIpc) is 3.63. The fourth-order valence-corrected chi connectivity index (χ4v) is 7.82. The van der Waals surface area contributed by atoms with Crippen LogP contribution in [0.1, 0.15) is 0 Å². The van der Waals surface area contributed by atoms with Crippen molar-refractivity contribution in [3.63, 3.8) is 0 Å². The summed E-state index contributed by atoms with van der Waals surface area (Å²) < 4.78 is 6.57. The Morgan fingerprint density at radius 2 is 0.759 bits per heavy atom. The van der Waals surface area contributed by atoms with Gasteiger partial charge in [0, 0.05) is 27.8 Å². The molecule has 0 N–H and O–H groups in total. The van der Waals surface area contributed by atoms with Crippen LogP contribution in [-0.4, -0.2) is 0 Å². The number of furan rings is 1. The minimum absolute atomic E-state index is 0.888. The zero-order valence-electron chi connectivity index (χ0n) is 29.6. The predicted molar refractivity (Wildman–Crippen MR) is 228 cm³/mol. The summed E-state index contributed by atoms with van der Waals surface area (Å²) in [6.45, 7) is 0. The molecule has 0 aliphatic heterocycles. The second-order valence-electron chi connectivity index (χ2n) is 13.7. The third-order valence-corrected chi connectivity index (χ3v) is 10.5. The summed E-state index contributed by atoms with van der Waals surface area (Å²) in [5.74, 6) is 0. The van der Waals surface area contributed by atoms with Gasteiger partial charge in [0.2, 0.25) is 0 Å². The number of fused-ring (bicyclic) bond motifs is 5. The lowest BCUT2D eigenvalue weighted by Gasteiger charge is -2.26. The van der Waals surface area contributed by atoms with Crippen molar-refractivity contribution in [3.8, 4) is 44.5 Å². The highest BCUT2D eigenvalue weighted by molar-refractivity contribution is 6.22. The molecule has 0 bridgehead atoms. The Bertz CT molecular complexity index is 2810. The molecule has 10 rings (SSSR count). The lowest BCUT2D eigenvalue weighted by molar-refractivity contribution is 0.669. The fraction of sp³-hybridized carbons (Fsp3) is 0. The van der Waals surface area contributed by atoms with E-state index in [-0.39, 0.29) is 0 Å². The SMILES string of the molecule is c1ccc(-c2ccc(N(c3ccc(-c4ccccc4)cc3)c3cccc(-c4ccc5oc6cc(-c7ccccc7)c7ccccc7c6c5c4)c3)cc2)cc1. The number of rotatable bonds is 7. The highest BCUT2D eigenvalue weighted by atomic mass is 16.3. The van der Waals surface area contributed by atoms with Crippen molar-refractivity contribution in [1.82, 2.24) is 0 Å². The summed E-state index contributed by atoms with van der Waals surface area (Å²) >= 11 is 0. The zero-order valence-corrected chi connectivity index (χ0v) is 29.6. The minimum atomic E-state index is 0.888. The summed E-state index contributed by atoms with van der Waals surface area (Å²) in [6.07, 6.45) is 0. The minimum Gasteiger partial charge on any atom is -0.456 e. The molecule has 2 nitrogen and oxygen atoms in total. The molecular formula is C52H35NO. The lowest BCUT2D eigenvalue weighted by Crippen LogP contribution is -2.10. The van der Waals surface area contributed by atoms with Gasteiger partial charge in [-0.1, -0.05) is 158 Å². The van der Waals surface area contributed by atoms with Crippen LogP contribution in [0.4, 0.5) is 17.1 Å². The molecule has 1 heterocycles. The van der Waals surface area contributed by atoms with E-state index in [0.29, 0.717) is 0 Å². The van der Waals surface area contributed by atoms with Gasteiger partial charge in [-0.25, -0.2) is 0 Å². The smallest absolute Gasteiger partial charge is 0.136 e. The molecule has 0 saturated heterocycles. The first-order chi connectivity index (χ1) is 26.8. The summed E-state index contributed by atoms with van der Waals surface area (Å²) in [4.78, 5) is 2.34. The highest BCUT2D eigenvalue weighted by Crippen LogP contribution is 2.42. The molecule has 0 aliphatic rings. The third kappa shape index (κ3) is 5.71. The van der Waals surface area contributed by atoms with Gasteiger partial charge in [0.1, 0.15) is 11.2 Å². The first-order valence-corrected chi connectivity index (χ1v) is 18.4. The van der Waals surface area contributed by atoms with Gasteiger partial charge < -0.3 is 9.32 Å². The number of hydrogen-bond acceptors (Lipinski definition) is 2. The van der Waals surface area contributed by atoms with Crippen molar-refractivity contribution < 1.29 is 4.42 Å². The maximum absolute atomic E-state index is 6.57. The van der Waals surface area contributed by atoms with Crippen LogP contribution < -0.4 is 4.90 Å². The zero-order chi connectivity index (χ0) is 35.8. The maximum atomic E-state index is 6.57. The van der Waals surface area contributed by atoms with Crippen LogP contribution in [-0.2, 0) is 0 Å². The Kier molecular flexibility index (Phi) is 7.85. The van der Waals surface area contributed by atoms with E-state index in [1.165, 1.54) is 44.2 Å². The van der Waals surface area contributed by atoms with Crippen molar-refractivity contribution >= 4 is 49.8 Å². The summed E-state index contributed by atoms with van der Waals surface area (Å²) in [5.41, 5.74) is 14.5. The number of nitrogens with zero attached hydrogens (tertiary/aromatic N) is 1. The first kappa shape index (κ1) is 31.6. The molecule has 2 heteroatoms. The molecule has 0 aliphatic carbocycles. The Labute approximate surface area is 314 Å². The molecule has 0 fully saturated rings. The van der Waals surface area contributed by atoms with E-state index in [1.54, 1.807) is 0 Å². The molecule has 0 unspecified atom stereocenters. The molecule has 0 radical (unpaired) electrons. The molecule has 0 spiro atoms. The largest absolute Gasteiger partial charge is 0.456 e. The normalized spacial score (nSPS) is 11.3. The Morgan fingerprint density at radius 1 is 0.278 bits per heavy atom. The molecule has 0 saturated carbocycles. The molecule has 0 atom stereocenters. The lowest BCUT2D eigenvalue weighted by atomic mass is 9.94. The van der Waals surface area contributed by atoms with Gasteiger partial charge in [-0.3, -0.25) is 0 Å². The van der Waals surface area contributed by atoms with Crippen LogP contribution in [0.25, 0.3) is 77.2 Å². The number of anilines is 3. The molecule has 0 amide bonds. The second-order valence-corrected chi connectivity index (χ2v) is 13.7. The van der Waals surface area contributed by atoms with Gasteiger partial charge in [-0.15, -0.1) is 0 Å². The first-order valence-electron chi connectivity index (χ1n) is 18.4. The fourth-order valence-electron chi connectivity index (χ4n) is 7.82. The quantitative estimate of drug-likeness (QED) is 0.166. The van der Waals surface area contributed by atoms with Crippen molar-refractivity contribution in [1.29, 1.82) is 0 Å². The van der Waals surface area contributed by atoms with E-state index in [1.807, 2.05) is 0 Å². The summed E-state index contributed by atoms with van der Waals surface area (Å²) in [5, 5.41) is 4.69. The third-order valence-electron chi connectivity index (χ3n) is 10.5. The standard InChI is InChI=1S/C52H35NO/c1-4-13-36(14-5-1)38-23-28-43(29-24-38)53(44-30-25-39(26-31-44)37-15-6-2-7-16-37)45-20-12-19-41(33-45)42-27-32-50-49(34-42)52-47-22-11-10-21-46(47)48(35-51(52)54-50)40-17-8-3-9-18-40/h1-35H. The van der Waals surface area contributed by atoms with Crippen LogP contribution in [0.5, 0.6) is 0 Å². The Balaban J connectivity index is 1.08. The molecule has 9 aromatic carbocycles. The Morgan fingerprint density at radius 3 is 1.37 bits per heavy atom. The Hall–Kier alpha value is -7.16. The predicted octanol–water partition coefficient (Wildman–Crippen LogP) is 14.9. The number of hydrogen-bond donors (Lipinski definition) is 0. The van der Waals surface area contributed by atoms with E-state index in [4.69, 9.17) is 4.42 Å². The average molecular weight is 690 g/mol. The van der Waals surface area contributed by atoms with Gasteiger partial charge in [0.15, 0.2) is 0 Å². The van der Waals surface area contributed by atoms with Crippen LogP contribution in [0.15, 0.2) is 217 Å². The summed E-state index contributed by atoms with van der Waals surface area (Å²) in [7, 11) is 0. The van der Waals surface area contributed by atoms with Gasteiger partial charge >= 0.3 is 0 Å². The van der Waals surface area contributed by atoms with E-state index < -0.39 is 0 Å². The molecule has 54 heavy (non-hydrogen) atoms. The van der Waals surface area contributed by atoms with E-state index in [2.05, 4.69) is 217 Å². The maximum Gasteiger partial charge on any atom is 0.136 e. The highest BCUT2D eigenvalue weighted by Gasteiger charge is 2.18. The molecule has 254 valence electrons. The van der Waals surface area contributed by atoms with E-state index in [0.717, 1.165) is 50.1 Å². The number of benzene rings is 9. The second kappa shape index (κ2) is 13.4. The van der Waals surface area contributed by atoms with Crippen molar-refractivity contribution in [3.05, 3.63) is 212 Å². The molecule has 1 aromatic heterocycles. The monoisotopic (exact) mass is 689 g/mol. The van der Waals surface area contributed by atoms with Gasteiger partial charge in [-0.05, 0) is 110 Å². The summed E-state index contributed by atoms with van der Waals surface area (Å²) in [6, 6.07) is 75.7. The molecular weight excluding hydrogens is 655 g/mol. The van der Waals surface area contributed by atoms with Gasteiger partial charge in [-0.2, -0.15) is 0 Å². The van der Waals surface area contributed by atoms with Gasteiger partial charge in [0.25, 0.3) is 0 Å².